The summed E-state index contributed by atoms with van der Waals surface area (Å²) in [5, 5.41) is 0. The van der Waals surface area contributed by atoms with Crippen molar-refractivity contribution in [3.8, 4) is 0 Å². The normalized spacial score (nSPS) is 50.9. The van der Waals surface area contributed by atoms with E-state index in [2.05, 4.69) is 27.7 Å². The maximum atomic E-state index is 6.35. The summed E-state index contributed by atoms with van der Waals surface area (Å²) in [7, 11) is 0. The Bertz CT molecular complexity index is 569. The molecule has 0 aromatic rings. The van der Waals surface area contributed by atoms with Crippen molar-refractivity contribution in [1.29, 1.82) is 0 Å². The zero-order valence-electron chi connectivity index (χ0n) is 19.2. The van der Waals surface area contributed by atoms with Crippen LogP contribution in [0.25, 0.3) is 0 Å². The Morgan fingerprint density at radius 1 is 0.893 bits per heavy atom. The molecule has 160 valence electrons. The molecule has 5 fully saturated rings. The fourth-order valence-electron chi connectivity index (χ4n) is 9.77. The summed E-state index contributed by atoms with van der Waals surface area (Å²) < 4.78 is 6.35. The molecular formula is C27H46O. The highest BCUT2D eigenvalue weighted by Gasteiger charge is 2.63. The first-order valence-corrected chi connectivity index (χ1v) is 13.1. The minimum absolute atomic E-state index is 0.605. The fourth-order valence-corrected chi connectivity index (χ4v) is 9.77. The third kappa shape index (κ3) is 2.96. The summed E-state index contributed by atoms with van der Waals surface area (Å²) >= 11 is 0. The van der Waals surface area contributed by atoms with Crippen molar-refractivity contribution in [2.24, 2.45) is 52.3 Å². The van der Waals surface area contributed by atoms with E-state index in [1.54, 1.807) is 12.8 Å². The molecule has 0 aromatic carbocycles. The van der Waals surface area contributed by atoms with Gasteiger partial charge in [-0.05, 0) is 105 Å². The minimum atomic E-state index is 0.605. The third-order valence-corrected chi connectivity index (χ3v) is 11.1. The Hall–Kier alpha value is -0.0400. The quantitative estimate of drug-likeness (QED) is 0.475. The SMILES string of the molecule is CC(C)CCC[C@H](C)[C@@H]1CC[C@@H]2[C@@H]3CC[C@H]4CC[C@H]5C[C@@]4(CO5)[C@@H]3CC[C@]21C. The largest absolute Gasteiger partial charge is 0.378 e. The lowest BCUT2D eigenvalue weighted by Gasteiger charge is -2.60. The van der Waals surface area contributed by atoms with E-state index in [9.17, 15) is 0 Å². The monoisotopic (exact) mass is 386 g/mol. The second-order valence-corrected chi connectivity index (χ2v) is 12.6. The van der Waals surface area contributed by atoms with E-state index in [1.807, 2.05) is 0 Å². The molecule has 9 atom stereocenters. The first-order valence-electron chi connectivity index (χ1n) is 13.1. The minimum Gasteiger partial charge on any atom is -0.378 e. The second-order valence-electron chi connectivity index (χ2n) is 12.6. The number of hydrogen-bond donors (Lipinski definition) is 0. The van der Waals surface area contributed by atoms with Crippen LogP contribution < -0.4 is 0 Å². The molecule has 1 saturated heterocycles. The summed E-state index contributed by atoms with van der Waals surface area (Å²) in [6.07, 6.45) is 18.4. The van der Waals surface area contributed by atoms with Crippen molar-refractivity contribution in [1.82, 2.24) is 0 Å². The highest BCUT2D eigenvalue weighted by molar-refractivity contribution is 5.12. The van der Waals surface area contributed by atoms with Gasteiger partial charge in [0.05, 0.1) is 12.7 Å². The number of rotatable bonds is 5. The van der Waals surface area contributed by atoms with Gasteiger partial charge in [-0.3, -0.25) is 0 Å². The smallest absolute Gasteiger partial charge is 0.0581 e. The first-order chi connectivity index (χ1) is 13.4. The van der Waals surface area contributed by atoms with Crippen molar-refractivity contribution >= 4 is 0 Å². The molecule has 0 radical (unpaired) electrons. The van der Waals surface area contributed by atoms with E-state index < -0.39 is 0 Å². The Balaban J connectivity index is 1.31. The molecule has 0 aromatic heterocycles. The van der Waals surface area contributed by atoms with Gasteiger partial charge in [-0.15, -0.1) is 0 Å². The zero-order valence-corrected chi connectivity index (χ0v) is 19.2. The Morgan fingerprint density at radius 3 is 2.54 bits per heavy atom. The van der Waals surface area contributed by atoms with Crippen LogP contribution in [0.3, 0.4) is 0 Å². The van der Waals surface area contributed by atoms with Crippen LogP contribution in [0, 0.1) is 52.3 Å². The van der Waals surface area contributed by atoms with E-state index in [0.717, 1.165) is 48.0 Å². The molecule has 1 heterocycles. The molecule has 2 bridgehead atoms. The third-order valence-electron chi connectivity index (χ3n) is 11.1. The van der Waals surface area contributed by atoms with Gasteiger partial charge < -0.3 is 4.74 Å². The predicted molar refractivity (Wildman–Crippen MR) is 117 cm³/mol. The zero-order chi connectivity index (χ0) is 19.5. The average molecular weight is 387 g/mol. The van der Waals surface area contributed by atoms with Gasteiger partial charge in [-0.25, -0.2) is 0 Å². The van der Waals surface area contributed by atoms with E-state index in [0.29, 0.717) is 16.9 Å². The summed E-state index contributed by atoms with van der Waals surface area (Å²) in [6, 6.07) is 0. The summed E-state index contributed by atoms with van der Waals surface area (Å²) in [5.41, 5.74) is 1.25. The summed E-state index contributed by atoms with van der Waals surface area (Å²) in [5.74, 6) is 6.88. The molecule has 0 unspecified atom stereocenters. The molecule has 0 amide bonds. The van der Waals surface area contributed by atoms with Crippen LogP contribution in [-0.4, -0.2) is 12.7 Å². The van der Waals surface area contributed by atoms with Gasteiger partial charge in [0.2, 0.25) is 0 Å². The van der Waals surface area contributed by atoms with E-state index in [4.69, 9.17) is 4.74 Å². The molecule has 1 spiro atoms. The van der Waals surface area contributed by atoms with Crippen LogP contribution in [0.4, 0.5) is 0 Å². The second kappa shape index (κ2) is 7.28. The van der Waals surface area contributed by atoms with E-state index in [1.165, 1.54) is 64.2 Å². The van der Waals surface area contributed by atoms with Crippen molar-refractivity contribution in [3.63, 3.8) is 0 Å². The summed E-state index contributed by atoms with van der Waals surface area (Å²) in [6.45, 7) is 11.2. The van der Waals surface area contributed by atoms with Gasteiger partial charge in [0.15, 0.2) is 0 Å². The van der Waals surface area contributed by atoms with Crippen molar-refractivity contribution < 1.29 is 4.74 Å². The van der Waals surface area contributed by atoms with Gasteiger partial charge in [0, 0.05) is 5.41 Å². The molecule has 4 aliphatic carbocycles. The van der Waals surface area contributed by atoms with Gasteiger partial charge >= 0.3 is 0 Å². The van der Waals surface area contributed by atoms with Gasteiger partial charge in [-0.1, -0.05) is 47.0 Å². The predicted octanol–water partition coefficient (Wildman–Crippen LogP) is 7.49. The molecule has 1 nitrogen and oxygen atoms in total. The lowest BCUT2D eigenvalue weighted by Crippen LogP contribution is -2.54. The number of hydrogen-bond acceptors (Lipinski definition) is 1. The van der Waals surface area contributed by atoms with Crippen LogP contribution in [0.15, 0.2) is 0 Å². The topological polar surface area (TPSA) is 9.23 Å². The average Bonchev–Trinajstić information content (AvgIpc) is 3.18. The molecule has 28 heavy (non-hydrogen) atoms. The van der Waals surface area contributed by atoms with Crippen LogP contribution in [-0.2, 0) is 4.74 Å². The van der Waals surface area contributed by atoms with Gasteiger partial charge in [-0.2, -0.15) is 0 Å². The standard InChI is InChI=1S/C27H46O/c1-18(2)6-5-7-19(3)23-12-13-24-22-11-9-20-8-10-21-16-27(20,17-28-21)25(22)14-15-26(23,24)4/h18-25H,5-17H2,1-4H3/t19-,20+,21-,22-,23-,24+,25+,26-,27-/m0/s1. The van der Waals surface area contributed by atoms with Crippen molar-refractivity contribution in [2.45, 2.75) is 111 Å². The maximum absolute atomic E-state index is 6.35. The maximum Gasteiger partial charge on any atom is 0.0581 e. The molecular weight excluding hydrogens is 340 g/mol. The molecule has 4 saturated carbocycles. The summed E-state index contributed by atoms with van der Waals surface area (Å²) in [4.78, 5) is 0. The van der Waals surface area contributed by atoms with Crippen LogP contribution in [0.1, 0.15) is 105 Å². The van der Waals surface area contributed by atoms with Crippen LogP contribution in [0.2, 0.25) is 0 Å². The molecule has 1 heteroatoms. The molecule has 1 aliphatic heterocycles. The van der Waals surface area contributed by atoms with Crippen LogP contribution >= 0.6 is 0 Å². The number of ether oxygens (including phenoxy) is 1. The Kier molecular flexibility index (Phi) is 5.17. The van der Waals surface area contributed by atoms with Crippen molar-refractivity contribution in [3.05, 3.63) is 0 Å². The highest BCUT2D eigenvalue weighted by atomic mass is 16.5. The lowest BCUT2D eigenvalue weighted by molar-refractivity contribution is -0.111. The highest BCUT2D eigenvalue weighted by Crippen LogP contribution is 2.69. The molecule has 0 N–H and O–H groups in total. The van der Waals surface area contributed by atoms with E-state index >= 15 is 0 Å². The lowest BCUT2D eigenvalue weighted by atomic mass is 9.44. The van der Waals surface area contributed by atoms with Crippen molar-refractivity contribution in [2.75, 3.05) is 6.61 Å². The van der Waals surface area contributed by atoms with Gasteiger partial charge in [0.25, 0.3) is 0 Å². The Morgan fingerprint density at radius 2 is 1.71 bits per heavy atom. The van der Waals surface area contributed by atoms with Gasteiger partial charge in [0.1, 0.15) is 0 Å². The van der Waals surface area contributed by atoms with Crippen LogP contribution in [0.5, 0.6) is 0 Å². The fraction of sp³-hybridized carbons (Fsp3) is 1.00. The number of fused-ring (bicyclic) bond motifs is 4. The first kappa shape index (κ1) is 19.9. The Labute approximate surface area is 174 Å². The molecule has 5 rings (SSSR count). The molecule has 5 aliphatic rings. The van der Waals surface area contributed by atoms with E-state index in [-0.39, 0.29) is 0 Å².